The van der Waals surface area contributed by atoms with Gasteiger partial charge in [-0.2, -0.15) is 0 Å². The lowest BCUT2D eigenvalue weighted by Gasteiger charge is -2.38. The summed E-state index contributed by atoms with van der Waals surface area (Å²) in [6.07, 6.45) is 2.61. The predicted octanol–water partition coefficient (Wildman–Crippen LogP) is 1.17. The van der Waals surface area contributed by atoms with Crippen molar-refractivity contribution in [3.63, 3.8) is 0 Å². The van der Waals surface area contributed by atoms with Crippen LogP contribution in [0.15, 0.2) is 0 Å². The SMILES string of the molecule is CC(C)(C)C(O)CN1CCN(C2CC2)CC1. The van der Waals surface area contributed by atoms with Gasteiger partial charge in [-0.05, 0) is 18.3 Å². The maximum Gasteiger partial charge on any atom is 0.0715 e. The van der Waals surface area contributed by atoms with Crippen molar-refractivity contribution in [2.24, 2.45) is 5.41 Å². The molecular formula is C13H26N2O. The summed E-state index contributed by atoms with van der Waals surface area (Å²) in [4.78, 5) is 5.02. The molecule has 0 amide bonds. The van der Waals surface area contributed by atoms with Crippen LogP contribution in [-0.2, 0) is 0 Å². The van der Waals surface area contributed by atoms with E-state index in [4.69, 9.17) is 0 Å². The number of nitrogens with zero attached hydrogens (tertiary/aromatic N) is 2. The van der Waals surface area contributed by atoms with Crippen LogP contribution in [0.2, 0.25) is 0 Å². The number of rotatable bonds is 3. The summed E-state index contributed by atoms with van der Waals surface area (Å²) in [5, 5.41) is 10.1. The molecule has 3 nitrogen and oxygen atoms in total. The van der Waals surface area contributed by atoms with Crippen molar-refractivity contribution in [3.05, 3.63) is 0 Å². The molecule has 0 radical (unpaired) electrons. The first-order chi connectivity index (χ1) is 7.47. The van der Waals surface area contributed by atoms with Crippen LogP contribution in [0.1, 0.15) is 33.6 Å². The predicted molar refractivity (Wildman–Crippen MR) is 66.5 cm³/mol. The maximum atomic E-state index is 10.1. The summed E-state index contributed by atoms with van der Waals surface area (Å²) in [5.74, 6) is 0. The van der Waals surface area contributed by atoms with Crippen LogP contribution in [0, 0.1) is 5.41 Å². The number of aliphatic hydroxyl groups excluding tert-OH is 1. The largest absolute Gasteiger partial charge is 0.391 e. The first-order valence-electron chi connectivity index (χ1n) is 6.61. The minimum Gasteiger partial charge on any atom is -0.391 e. The van der Waals surface area contributed by atoms with E-state index in [1.54, 1.807) is 0 Å². The third-order valence-electron chi connectivity index (χ3n) is 3.90. The van der Waals surface area contributed by atoms with Gasteiger partial charge in [-0.25, -0.2) is 0 Å². The average Bonchev–Trinajstić information content (AvgIpc) is 3.01. The molecule has 1 N–H and O–H groups in total. The minimum atomic E-state index is -0.208. The highest BCUT2D eigenvalue weighted by molar-refractivity contribution is 4.88. The molecule has 3 heteroatoms. The highest BCUT2D eigenvalue weighted by Crippen LogP contribution is 2.27. The first-order valence-corrected chi connectivity index (χ1v) is 6.61. The zero-order valence-corrected chi connectivity index (χ0v) is 10.9. The molecule has 0 spiro atoms. The van der Waals surface area contributed by atoms with E-state index in [0.717, 1.165) is 25.7 Å². The third-order valence-corrected chi connectivity index (χ3v) is 3.90. The molecule has 2 rings (SSSR count). The topological polar surface area (TPSA) is 26.7 Å². The summed E-state index contributed by atoms with van der Waals surface area (Å²) in [6, 6.07) is 0.898. The smallest absolute Gasteiger partial charge is 0.0715 e. The van der Waals surface area contributed by atoms with E-state index >= 15 is 0 Å². The number of β-amino-alcohol motifs (C(OH)–C–C–N with tert-alkyl or cyclic N) is 1. The van der Waals surface area contributed by atoms with Gasteiger partial charge in [0.25, 0.3) is 0 Å². The highest BCUT2D eigenvalue weighted by atomic mass is 16.3. The summed E-state index contributed by atoms with van der Waals surface area (Å²) in [5.41, 5.74) is 0.00757. The Bertz CT molecular complexity index is 225. The van der Waals surface area contributed by atoms with Crippen LogP contribution in [-0.4, -0.2) is 59.8 Å². The minimum absolute atomic E-state index is 0.00757. The Morgan fingerprint density at radius 2 is 1.69 bits per heavy atom. The van der Waals surface area contributed by atoms with E-state index < -0.39 is 0 Å². The maximum absolute atomic E-state index is 10.1. The van der Waals surface area contributed by atoms with E-state index in [-0.39, 0.29) is 11.5 Å². The Balaban J connectivity index is 1.72. The van der Waals surface area contributed by atoms with E-state index in [1.165, 1.54) is 25.9 Å². The summed E-state index contributed by atoms with van der Waals surface area (Å²) in [7, 11) is 0. The molecule has 0 aromatic carbocycles. The fourth-order valence-electron chi connectivity index (χ4n) is 2.27. The van der Waals surface area contributed by atoms with Crippen LogP contribution in [0.3, 0.4) is 0 Å². The lowest BCUT2D eigenvalue weighted by molar-refractivity contribution is 0.0125. The molecule has 1 aliphatic heterocycles. The molecule has 1 aliphatic carbocycles. The second-order valence-electron chi connectivity index (χ2n) is 6.45. The Kier molecular flexibility index (Phi) is 3.57. The molecule has 1 heterocycles. The summed E-state index contributed by atoms with van der Waals surface area (Å²) < 4.78 is 0. The van der Waals surface area contributed by atoms with Gasteiger partial charge in [0.05, 0.1) is 6.10 Å². The number of hydrogen-bond acceptors (Lipinski definition) is 3. The Labute approximate surface area is 99.4 Å². The van der Waals surface area contributed by atoms with Crippen LogP contribution in [0.5, 0.6) is 0 Å². The molecule has 2 fully saturated rings. The fraction of sp³-hybridized carbons (Fsp3) is 1.00. The molecule has 1 saturated heterocycles. The molecule has 1 saturated carbocycles. The van der Waals surface area contributed by atoms with Crippen LogP contribution in [0.4, 0.5) is 0 Å². The molecule has 2 aliphatic rings. The van der Waals surface area contributed by atoms with E-state index in [9.17, 15) is 5.11 Å². The van der Waals surface area contributed by atoms with Crippen LogP contribution >= 0.6 is 0 Å². The lowest BCUT2D eigenvalue weighted by Crippen LogP contribution is -2.50. The average molecular weight is 226 g/mol. The van der Waals surface area contributed by atoms with Gasteiger partial charge in [0.1, 0.15) is 0 Å². The molecule has 0 aromatic heterocycles. The van der Waals surface area contributed by atoms with Gasteiger partial charge in [0.2, 0.25) is 0 Å². The molecule has 1 unspecified atom stereocenters. The van der Waals surface area contributed by atoms with Crippen molar-refractivity contribution in [1.82, 2.24) is 9.80 Å². The highest BCUT2D eigenvalue weighted by Gasteiger charge is 2.32. The molecular weight excluding hydrogens is 200 g/mol. The number of piperazine rings is 1. The van der Waals surface area contributed by atoms with Crippen molar-refractivity contribution >= 4 is 0 Å². The molecule has 94 valence electrons. The summed E-state index contributed by atoms with van der Waals surface area (Å²) >= 11 is 0. The number of aliphatic hydroxyl groups is 1. The third kappa shape index (κ3) is 3.19. The first kappa shape index (κ1) is 12.3. The van der Waals surface area contributed by atoms with Gasteiger partial charge in [0.15, 0.2) is 0 Å². The molecule has 16 heavy (non-hydrogen) atoms. The Morgan fingerprint density at radius 1 is 1.12 bits per heavy atom. The van der Waals surface area contributed by atoms with Crippen LogP contribution in [0.25, 0.3) is 0 Å². The van der Waals surface area contributed by atoms with Crippen molar-refractivity contribution in [2.45, 2.75) is 45.8 Å². The quantitative estimate of drug-likeness (QED) is 0.782. The monoisotopic (exact) mass is 226 g/mol. The van der Waals surface area contributed by atoms with Gasteiger partial charge in [-0.3, -0.25) is 9.80 Å². The Hall–Kier alpha value is -0.120. The van der Waals surface area contributed by atoms with E-state index in [1.807, 2.05) is 0 Å². The molecule has 1 atom stereocenters. The van der Waals surface area contributed by atoms with Gasteiger partial charge in [-0.1, -0.05) is 20.8 Å². The number of hydrogen-bond donors (Lipinski definition) is 1. The zero-order chi connectivity index (χ0) is 11.8. The van der Waals surface area contributed by atoms with E-state index in [2.05, 4.69) is 30.6 Å². The van der Waals surface area contributed by atoms with Gasteiger partial charge in [-0.15, -0.1) is 0 Å². The molecule has 0 aromatic rings. The summed E-state index contributed by atoms with van der Waals surface area (Å²) in [6.45, 7) is 11.8. The van der Waals surface area contributed by atoms with Crippen molar-refractivity contribution in [2.75, 3.05) is 32.7 Å². The fourth-order valence-corrected chi connectivity index (χ4v) is 2.27. The second kappa shape index (κ2) is 4.63. The van der Waals surface area contributed by atoms with Gasteiger partial charge >= 0.3 is 0 Å². The zero-order valence-electron chi connectivity index (χ0n) is 10.9. The van der Waals surface area contributed by atoms with Crippen molar-refractivity contribution in [1.29, 1.82) is 0 Å². The van der Waals surface area contributed by atoms with Gasteiger partial charge < -0.3 is 5.11 Å². The lowest BCUT2D eigenvalue weighted by atomic mass is 9.89. The second-order valence-corrected chi connectivity index (χ2v) is 6.45. The van der Waals surface area contributed by atoms with Crippen molar-refractivity contribution in [3.8, 4) is 0 Å². The standard InChI is InChI=1S/C13H26N2O/c1-13(2,3)12(16)10-14-6-8-15(9-7-14)11-4-5-11/h11-12,16H,4-10H2,1-3H3. The normalized spacial score (nSPS) is 27.0. The van der Waals surface area contributed by atoms with Gasteiger partial charge in [0, 0.05) is 38.8 Å². The van der Waals surface area contributed by atoms with Crippen molar-refractivity contribution < 1.29 is 5.11 Å². The van der Waals surface area contributed by atoms with E-state index in [0.29, 0.717) is 0 Å². The van der Waals surface area contributed by atoms with Crippen LogP contribution < -0.4 is 0 Å². The molecule has 0 bridgehead atoms. The Morgan fingerprint density at radius 3 is 2.12 bits per heavy atom.